The Labute approximate surface area is 222 Å². The van der Waals surface area contributed by atoms with Crippen molar-refractivity contribution in [3.8, 4) is 33.4 Å². The van der Waals surface area contributed by atoms with E-state index in [4.69, 9.17) is 0 Å². The van der Waals surface area contributed by atoms with Crippen LogP contribution in [0.4, 0.5) is 0 Å². The van der Waals surface area contributed by atoms with Gasteiger partial charge >= 0.3 is 0 Å². The Morgan fingerprint density at radius 2 is 1.06 bits per heavy atom. The highest BCUT2D eigenvalue weighted by Crippen LogP contribution is 2.49. The molecule has 0 aliphatic heterocycles. The Morgan fingerprint density at radius 3 is 1.78 bits per heavy atom. The van der Waals surface area contributed by atoms with Crippen LogP contribution in [0.2, 0.25) is 0 Å². The molecule has 1 heterocycles. The molecule has 0 bridgehead atoms. The average molecular weight is 542 g/mol. The van der Waals surface area contributed by atoms with Crippen LogP contribution in [0.15, 0.2) is 132 Å². The zero-order chi connectivity index (χ0) is 24.1. The number of thiophene rings is 1. The van der Waals surface area contributed by atoms with E-state index in [-0.39, 0.29) is 0 Å². The Morgan fingerprint density at radius 1 is 0.472 bits per heavy atom. The van der Waals surface area contributed by atoms with Gasteiger partial charge in [0, 0.05) is 19.9 Å². The van der Waals surface area contributed by atoms with Gasteiger partial charge in [-0.15, -0.1) is 11.3 Å². The first-order valence-corrected chi connectivity index (χ1v) is 13.7. The number of rotatable bonds is 3. The van der Waals surface area contributed by atoms with Gasteiger partial charge in [-0.25, -0.2) is 0 Å². The van der Waals surface area contributed by atoms with Crippen molar-refractivity contribution in [2.75, 3.05) is 0 Å². The lowest BCUT2D eigenvalue weighted by molar-refractivity contribution is 1.58. The third-order valence-electron chi connectivity index (χ3n) is 6.96. The highest BCUT2D eigenvalue weighted by molar-refractivity contribution is 9.11. The minimum atomic E-state index is 1.18. The summed E-state index contributed by atoms with van der Waals surface area (Å²) in [6.07, 6.45) is 0. The van der Waals surface area contributed by atoms with E-state index in [1.165, 1.54) is 68.8 Å². The van der Waals surface area contributed by atoms with E-state index in [0.29, 0.717) is 0 Å². The smallest absolute Gasteiger partial charge is 0.0510 e. The van der Waals surface area contributed by atoms with Crippen LogP contribution >= 0.6 is 27.3 Å². The van der Waals surface area contributed by atoms with Crippen molar-refractivity contribution in [2.45, 2.75) is 0 Å². The Balaban J connectivity index is 1.61. The number of halogens is 1. The summed E-state index contributed by atoms with van der Waals surface area (Å²) >= 11 is 5.84. The molecular formula is C34H21BrS. The van der Waals surface area contributed by atoms with Crippen molar-refractivity contribution < 1.29 is 0 Å². The largest absolute Gasteiger partial charge is 0.134 e. The van der Waals surface area contributed by atoms with Crippen molar-refractivity contribution in [2.24, 2.45) is 0 Å². The lowest BCUT2D eigenvalue weighted by Gasteiger charge is -2.16. The quantitative estimate of drug-likeness (QED) is 0.209. The lowest BCUT2D eigenvalue weighted by atomic mass is 9.88. The van der Waals surface area contributed by atoms with Crippen LogP contribution in [0.1, 0.15) is 0 Å². The molecule has 0 atom stereocenters. The Bertz CT molecular complexity index is 1880. The van der Waals surface area contributed by atoms with Crippen molar-refractivity contribution in [1.29, 1.82) is 0 Å². The first kappa shape index (κ1) is 21.6. The number of fused-ring (bicyclic) bond motifs is 4. The lowest BCUT2D eigenvalue weighted by Crippen LogP contribution is -1.90. The Kier molecular flexibility index (Phi) is 5.23. The minimum Gasteiger partial charge on any atom is -0.134 e. The molecule has 0 nitrogen and oxygen atoms in total. The zero-order valence-corrected chi connectivity index (χ0v) is 21.8. The van der Waals surface area contributed by atoms with Gasteiger partial charge in [-0.05, 0) is 72.2 Å². The molecule has 0 spiro atoms. The van der Waals surface area contributed by atoms with Crippen molar-refractivity contribution in [3.05, 3.63) is 132 Å². The molecule has 170 valence electrons. The van der Waals surface area contributed by atoms with Gasteiger partial charge in [-0.2, -0.15) is 0 Å². The molecule has 0 aliphatic rings. The summed E-state index contributed by atoms with van der Waals surface area (Å²) < 4.78 is 3.80. The van der Waals surface area contributed by atoms with E-state index >= 15 is 0 Å². The molecule has 0 unspecified atom stereocenters. The van der Waals surface area contributed by atoms with Gasteiger partial charge in [0.25, 0.3) is 0 Å². The molecule has 0 radical (unpaired) electrons. The van der Waals surface area contributed by atoms with Crippen molar-refractivity contribution in [1.82, 2.24) is 0 Å². The fraction of sp³-hybridized carbons (Fsp3) is 0. The molecular weight excluding hydrogens is 520 g/mol. The summed E-state index contributed by atoms with van der Waals surface area (Å²) in [5.74, 6) is 0. The number of benzene rings is 6. The molecule has 0 aliphatic carbocycles. The Hall–Kier alpha value is -3.72. The SMILES string of the molecule is Brc1c2ccccc2c(-c2ccc(-c3ccccc3)c(-c3ccccc3)c2)c2c1sc1ccccc12. The zero-order valence-electron chi connectivity index (χ0n) is 19.4. The van der Waals surface area contributed by atoms with E-state index in [9.17, 15) is 0 Å². The fourth-order valence-electron chi connectivity index (χ4n) is 5.32. The second-order valence-corrected chi connectivity index (χ2v) is 10.9. The molecule has 7 aromatic rings. The van der Waals surface area contributed by atoms with Crippen LogP contribution in [-0.2, 0) is 0 Å². The first-order chi connectivity index (χ1) is 17.8. The van der Waals surface area contributed by atoms with E-state index < -0.39 is 0 Å². The van der Waals surface area contributed by atoms with E-state index in [1.807, 2.05) is 11.3 Å². The number of hydrogen-bond donors (Lipinski definition) is 0. The molecule has 1 aromatic heterocycles. The van der Waals surface area contributed by atoms with Gasteiger partial charge < -0.3 is 0 Å². The molecule has 0 fully saturated rings. The minimum absolute atomic E-state index is 1.18. The summed E-state index contributed by atoms with van der Waals surface area (Å²) in [5.41, 5.74) is 7.50. The van der Waals surface area contributed by atoms with Gasteiger partial charge in [-0.1, -0.05) is 115 Å². The maximum Gasteiger partial charge on any atom is 0.0510 e. The molecule has 0 amide bonds. The molecule has 2 heteroatoms. The molecule has 0 N–H and O–H groups in total. The molecule has 36 heavy (non-hydrogen) atoms. The third kappa shape index (κ3) is 3.41. The second kappa shape index (κ2) is 8.74. The van der Waals surface area contributed by atoms with E-state index in [0.717, 1.165) is 0 Å². The highest BCUT2D eigenvalue weighted by atomic mass is 79.9. The van der Waals surface area contributed by atoms with E-state index in [2.05, 4.69) is 143 Å². The van der Waals surface area contributed by atoms with Crippen molar-refractivity contribution in [3.63, 3.8) is 0 Å². The second-order valence-electron chi connectivity index (χ2n) is 9.03. The topological polar surface area (TPSA) is 0 Å². The van der Waals surface area contributed by atoms with Gasteiger partial charge in [0.1, 0.15) is 0 Å². The third-order valence-corrected chi connectivity index (χ3v) is 9.23. The number of hydrogen-bond acceptors (Lipinski definition) is 1. The first-order valence-electron chi connectivity index (χ1n) is 12.1. The van der Waals surface area contributed by atoms with E-state index in [1.54, 1.807) is 0 Å². The van der Waals surface area contributed by atoms with Crippen LogP contribution in [0.5, 0.6) is 0 Å². The maximum absolute atomic E-state index is 3.97. The monoisotopic (exact) mass is 540 g/mol. The van der Waals surface area contributed by atoms with Crippen LogP contribution in [-0.4, -0.2) is 0 Å². The molecule has 7 rings (SSSR count). The van der Waals surface area contributed by atoms with Gasteiger partial charge in [-0.3, -0.25) is 0 Å². The van der Waals surface area contributed by atoms with Crippen molar-refractivity contribution >= 4 is 58.2 Å². The fourth-order valence-corrected chi connectivity index (χ4v) is 7.27. The standard InChI is InChI=1S/C34H21BrS/c35-33-27-16-8-7-15-26(27)31(32-28-17-9-10-18-30(28)36-34(32)33)24-19-20-25(22-11-3-1-4-12-22)29(21-24)23-13-5-2-6-14-23/h1-21H. The summed E-state index contributed by atoms with van der Waals surface area (Å²) in [6, 6.07) is 46.0. The van der Waals surface area contributed by atoms with Gasteiger partial charge in [0.15, 0.2) is 0 Å². The summed E-state index contributed by atoms with van der Waals surface area (Å²) in [6.45, 7) is 0. The average Bonchev–Trinajstić information content (AvgIpc) is 3.34. The maximum atomic E-state index is 3.97. The van der Waals surface area contributed by atoms with Gasteiger partial charge in [0.2, 0.25) is 0 Å². The highest BCUT2D eigenvalue weighted by Gasteiger charge is 2.19. The summed E-state index contributed by atoms with van der Waals surface area (Å²) in [4.78, 5) is 0. The molecule has 0 saturated heterocycles. The normalized spacial score (nSPS) is 11.5. The van der Waals surface area contributed by atoms with Crippen LogP contribution in [0.3, 0.4) is 0 Å². The predicted molar refractivity (Wildman–Crippen MR) is 161 cm³/mol. The van der Waals surface area contributed by atoms with Crippen LogP contribution in [0, 0.1) is 0 Å². The summed E-state index contributed by atoms with van der Waals surface area (Å²) in [5, 5.41) is 5.16. The van der Waals surface area contributed by atoms with Crippen LogP contribution in [0.25, 0.3) is 64.3 Å². The predicted octanol–water partition coefficient (Wildman–Crippen LogP) is 11.0. The summed E-state index contributed by atoms with van der Waals surface area (Å²) in [7, 11) is 0. The molecule has 0 saturated carbocycles. The van der Waals surface area contributed by atoms with Gasteiger partial charge in [0.05, 0.1) is 4.70 Å². The van der Waals surface area contributed by atoms with Crippen LogP contribution < -0.4 is 0 Å². The molecule has 6 aromatic carbocycles.